The first-order chi connectivity index (χ1) is 8.16. The summed E-state index contributed by atoms with van der Waals surface area (Å²) in [5, 5.41) is 13.8. The molecule has 0 amide bonds. The number of nitro benzene ring substituents is 1. The molecule has 0 saturated carbocycles. The number of imidazole rings is 1. The molecule has 0 aliphatic carbocycles. The predicted molar refractivity (Wildman–Crippen MR) is 63.7 cm³/mol. The quantitative estimate of drug-likeness (QED) is 0.625. The van der Waals surface area contributed by atoms with Crippen LogP contribution in [0.25, 0.3) is 0 Å². The molecule has 0 saturated heterocycles. The Bertz CT molecular complexity index is 522. The molecule has 17 heavy (non-hydrogen) atoms. The molecule has 0 unspecified atom stereocenters. The summed E-state index contributed by atoms with van der Waals surface area (Å²) >= 11 is 0. The zero-order valence-corrected chi connectivity index (χ0v) is 9.30. The maximum Gasteiger partial charge on any atom is 0.272 e. The van der Waals surface area contributed by atoms with Crippen molar-refractivity contribution in [3.05, 3.63) is 52.1 Å². The van der Waals surface area contributed by atoms with Gasteiger partial charge in [0.25, 0.3) is 5.69 Å². The van der Waals surface area contributed by atoms with Gasteiger partial charge in [0.1, 0.15) is 5.82 Å². The fourth-order valence-corrected chi connectivity index (χ4v) is 1.55. The van der Waals surface area contributed by atoms with Gasteiger partial charge in [-0.1, -0.05) is 0 Å². The smallest absolute Gasteiger partial charge is 0.272 e. The van der Waals surface area contributed by atoms with Crippen LogP contribution in [-0.2, 0) is 6.54 Å². The van der Waals surface area contributed by atoms with Gasteiger partial charge in [0.05, 0.1) is 11.5 Å². The molecule has 6 nitrogen and oxygen atoms in total. The minimum absolute atomic E-state index is 0.133. The highest BCUT2D eigenvalue weighted by Crippen LogP contribution is 2.21. The van der Waals surface area contributed by atoms with Crippen molar-refractivity contribution in [2.24, 2.45) is 0 Å². The highest BCUT2D eigenvalue weighted by Gasteiger charge is 2.09. The molecular weight excluding hydrogens is 220 g/mol. The third-order valence-corrected chi connectivity index (χ3v) is 2.41. The highest BCUT2D eigenvalue weighted by molar-refractivity contribution is 5.53. The molecule has 6 heteroatoms. The van der Waals surface area contributed by atoms with Crippen molar-refractivity contribution in [1.82, 2.24) is 9.97 Å². The van der Waals surface area contributed by atoms with Crippen molar-refractivity contribution < 1.29 is 4.92 Å². The molecule has 1 aromatic heterocycles. The van der Waals surface area contributed by atoms with Gasteiger partial charge in [-0.3, -0.25) is 10.1 Å². The summed E-state index contributed by atoms with van der Waals surface area (Å²) in [4.78, 5) is 17.3. The first-order valence-electron chi connectivity index (χ1n) is 5.14. The lowest BCUT2D eigenvalue weighted by Gasteiger charge is -2.05. The van der Waals surface area contributed by atoms with Gasteiger partial charge in [-0.05, 0) is 19.1 Å². The van der Waals surface area contributed by atoms with E-state index >= 15 is 0 Å². The predicted octanol–water partition coefficient (Wildman–Crippen LogP) is 2.24. The largest absolute Gasteiger partial charge is 0.378 e. The Morgan fingerprint density at radius 3 is 2.94 bits per heavy atom. The van der Waals surface area contributed by atoms with E-state index in [1.54, 1.807) is 31.5 Å². The average molecular weight is 232 g/mol. The Labute approximate surface area is 97.9 Å². The second kappa shape index (κ2) is 4.65. The van der Waals surface area contributed by atoms with Crippen LogP contribution in [0.3, 0.4) is 0 Å². The lowest BCUT2D eigenvalue weighted by Crippen LogP contribution is -2.02. The van der Waals surface area contributed by atoms with Crippen LogP contribution in [0.2, 0.25) is 0 Å². The number of benzene rings is 1. The summed E-state index contributed by atoms with van der Waals surface area (Å²) in [7, 11) is 0. The fraction of sp³-hybridized carbons (Fsp3) is 0.182. The van der Waals surface area contributed by atoms with E-state index in [9.17, 15) is 10.1 Å². The summed E-state index contributed by atoms with van der Waals surface area (Å²) in [5.41, 5.74) is 1.61. The van der Waals surface area contributed by atoms with Gasteiger partial charge in [-0.25, -0.2) is 4.98 Å². The van der Waals surface area contributed by atoms with Crippen LogP contribution in [0.15, 0.2) is 30.6 Å². The molecule has 0 aliphatic rings. The number of aromatic nitrogens is 2. The van der Waals surface area contributed by atoms with Crippen LogP contribution in [0, 0.1) is 17.0 Å². The lowest BCUT2D eigenvalue weighted by atomic mass is 10.2. The summed E-state index contributed by atoms with van der Waals surface area (Å²) in [6.45, 7) is 2.28. The number of hydrogen-bond acceptors (Lipinski definition) is 4. The number of nitro groups is 1. The molecule has 2 rings (SSSR count). The van der Waals surface area contributed by atoms with Gasteiger partial charge in [0, 0.05) is 29.7 Å². The Hall–Kier alpha value is -2.37. The number of H-pyrrole nitrogens is 1. The molecule has 0 radical (unpaired) electrons. The SMILES string of the molecule is Cc1cc(NCc2ncc[nH]2)ccc1[N+](=O)[O-]. The second-order valence-electron chi connectivity index (χ2n) is 3.65. The van der Waals surface area contributed by atoms with Gasteiger partial charge in [0.2, 0.25) is 0 Å². The molecule has 2 aromatic rings. The first kappa shape index (κ1) is 11.1. The summed E-state index contributed by atoms with van der Waals surface area (Å²) in [6.07, 6.45) is 3.43. The Morgan fingerprint density at radius 2 is 2.35 bits per heavy atom. The number of hydrogen-bond donors (Lipinski definition) is 2. The number of aromatic amines is 1. The first-order valence-corrected chi connectivity index (χ1v) is 5.14. The van der Waals surface area contributed by atoms with E-state index in [1.165, 1.54) is 6.07 Å². The maximum absolute atomic E-state index is 10.6. The van der Waals surface area contributed by atoms with E-state index in [0.29, 0.717) is 12.1 Å². The minimum atomic E-state index is -0.383. The van der Waals surface area contributed by atoms with Gasteiger partial charge in [-0.15, -0.1) is 0 Å². The molecule has 0 atom stereocenters. The van der Waals surface area contributed by atoms with Crippen LogP contribution in [0.5, 0.6) is 0 Å². The van der Waals surface area contributed by atoms with Crippen molar-refractivity contribution in [2.75, 3.05) is 5.32 Å². The normalized spacial score (nSPS) is 10.2. The monoisotopic (exact) mass is 232 g/mol. The molecule has 0 bridgehead atoms. The number of nitrogens with one attached hydrogen (secondary N) is 2. The van der Waals surface area contributed by atoms with E-state index in [4.69, 9.17) is 0 Å². The zero-order valence-electron chi connectivity index (χ0n) is 9.30. The summed E-state index contributed by atoms with van der Waals surface area (Å²) in [6, 6.07) is 4.94. The van der Waals surface area contributed by atoms with Crippen molar-refractivity contribution in [1.29, 1.82) is 0 Å². The molecule has 88 valence electrons. The molecule has 2 N–H and O–H groups in total. The van der Waals surface area contributed by atoms with Gasteiger partial charge >= 0.3 is 0 Å². The maximum atomic E-state index is 10.6. The average Bonchev–Trinajstić information content (AvgIpc) is 2.78. The van der Waals surface area contributed by atoms with Gasteiger partial charge in [0.15, 0.2) is 0 Å². The van der Waals surface area contributed by atoms with E-state index < -0.39 is 0 Å². The van der Waals surface area contributed by atoms with Crippen LogP contribution in [-0.4, -0.2) is 14.9 Å². The zero-order chi connectivity index (χ0) is 12.3. The number of rotatable bonds is 4. The molecule has 0 spiro atoms. The topological polar surface area (TPSA) is 83.8 Å². The van der Waals surface area contributed by atoms with E-state index in [-0.39, 0.29) is 10.6 Å². The summed E-state index contributed by atoms with van der Waals surface area (Å²) in [5.74, 6) is 0.820. The van der Waals surface area contributed by atoms with Gasteiger partial charge in [-0.2, -0.15) is 0 Å². The number of aryl methyl sites for hydroxylation is 1. The summed E-state index contributed by atoms with van der Waals surface area (Å²) < 4.78 is 0. The Balaban J connectivity index is 2.07. The number of nitrogens with zero attached hydrogens (tertiary/aromatic N) is 2. The number of anilines is 1. The standard InChI is InChI=1S/C11H12N4O2/c1-8-6-9(2-3-10(8)15(16)17)14-7-11-12-4-5-13-11/h2-6,14H,7H2,1H3,(H,12,13). The Morgan fingerprint density at radius 1 is 1.53 bits per heavy atom. The molecular formula is C11H12N4O2. The van der Waals surface area contributed by atoms with Crippen molar-refractivity contribution in [3.63, 3.8) is 0 Å². The third kappa shape index (κ3) is 2.60. The van der Waals surface area contributed by atoms with Crippen molar-refractivity contribution in [2.45, 2.75) is 13.5 Å². The highest BCUT2D eigenvalue weighted by atomic mass is 16.6. The van der Waals surface area contributed by atoms with Crippen molar-refractivity contribution >= 4 is 11.4 Å². The molecule has 1 aromatic carbocycles. The third-order valence-electron chi connectivity index (χ3n) is 2.41. The minimum Gasteiger partial charge on any atom is -0.378 e. The van der Waals surface area contributed by atoms with Crippen LogP contribution < -0.4 is 5.32 Å². The lowest BCUT2D eigenvalue weighted by molar-refractivity contribution is -0.385. The van der Waals surface area contributed by atoms with Gasteiger partial charge < -0.3 is 10.3 Å². The van der Waals surface area contributed by atoms with Crippen LogP contribution >= 0.6 is 0 Å². The van der Waals surface area contributed by atoms with Crippen LogP contribution in [0.4, 0.5) is 11.4 Å². The van der Waals surface area contributed by atoms with E-state index in [2.05, 4.69) is 15.3 Å². The molecule has 0 fully saturated rings. The second-order valence-corrected chi connectivity index (χ2v) is 3.65. The van der Waals surface area contributed by atoms with E-state index in [1.807, 2.05) is 0 Å². The molecule has 1 heterocycles. The fourth-order valence-electron chi connectivity index (χ4n) is 1.55. The van der Waals surface area contributed by atoms with E-state index in [0.717, 1.165) is 11.5 Å². The Kier molecular flexibility index (Phi) is 3.04. The van der Waals surface area contributed by atoms with Crippen molar-refractivity contribution in [3.8, 4) is 0 Å². The van der Waals surface area contributed by atoms with Crippen LogP contribution in [0.1, 0.15) is 11.4 Å². The molecule has 0 aliphatic heterocycles.